The third kappa shape index (κ3) is 4.61. The Balaban J connectivity index is 1.54. The van der Waals surface area contributed by atoms with Gasteiger partial charge in [-0.3, -0.25) is 14.7 Å². The highest BCUT2D eigenvalue weighted by atomic mass is 19.1. The monoisotopic (exact) mass is 343 g/mol. The number of aromatic nitrogens is 1. The van der Waals surface area contributed by atoms with Crippen LogP contribution in [0.4, 0.5) is 10.1 Å². The highest BCUT2D eigenvalue weighted by Crippen LogP contribution is 2.21. The molecule has 3 rings (SSSR count). The Kier molecular flexibility index (Phi) is 5.40. The van der Waals surface area contributed by atoms with E-state index in [2.05, 4.69) is 10.3 Å². The van der Waals surface area contributed by atoms with E-state index in [-0.39, 0.29) is 24.2 Å². The van der Waals surface area contributed by atoms with Crippen LogP contribution in [0, 0.1) is 18.7 Å². The number of hydrogen-bond acceptors (Lipinski definition) is 4. The van der Waals surface area contributed by atoms with Gasteiger partial charge in [-0.15, -0.1) is 0 Å². The Bertz CT molecular complexity index is 739. The molecule has 2 heterocycles. The maximum atomic E-state index is 13.1. The molecule has 0 aliphatic carbocycles. The topological polar surface area (TPSA) is 65.5 Å². The van der Waals surface area contributed by atoms with Crippen LogP contribution in [0.15, 0.2) is 42.6 Å². The largest absolute Gasteiger partial charge is 0.391 e. The number of carbonyl (C=O) groups is 1. The zero-order chi connectivity index (χ0) is 17.8. The molecule has 1 aromatic carbocycles. The maximum Gasteiger partial charge on any atom is 0.238 e. The van der Waals surface area contributed by atoms with E-state index in [4.69, 9.17) is 0 Å². The van der Waals surface area contributed by atoms with Crippen LogP contribution in [-0.4, -0.2) is 46.6 Å². The summed E-state index contributed by atoms with van der Waals surface area (Å²) >= 11 is 0. The molecule has 0 saturated carbocycles. The summed E-state index contributed by atoms with van der Waals surface area (Å²) in [5.74, 6) is -0.425. The second kappa shape index (κ2) is 7.72. The Morgan fingerprint density at radius 2 is 2.20 bits per heavy atom. The van der Waals surface area contributed by atoms with Crippen molar-refractivity contribution in [3.05, 3.63) is 59.7 Å². The first-order chi connectivity index (χ1) is 12.0. The first kappa shape index (κ1) is 17.5. The van der Waals surface area contributed by atoms with E-state index in [0.717, 1.165) is 5.69 Å². The van der Waals surface area contributed by atoms with E-state index < -0.39 is 6.10 Å². The number of nitrogens with zero attached hydrogens (tertiary/aromatic N) is 2. The van der Waals surface area contributed by atoms with E-state index in [1.54, 1.807) is 19.2 Å². The number of aryl methyl sites for hydroxylation is 1. The predicted molar refractivity (Wildman–Crippen MR) is 93.6 cm³/mol. The molecule has 0 spiro atoms. The Labute approximate surface area is 146 Å². The molecule has 1 saturated heterocycles. The third-order valence-corrected chi connectivity index (χ3v) is 4.51. The average molecular weight is 343 g/mol. The smallest absolute Gasteiger partial charge is 0.238 e. The summed E-state index contributed by atoms with van der Waals surface area (Å²) < 4.78 is 13.1. The van der Waals surface area contributed by atoms with Crippen molar-refractivity contribution >= 4 is 11.6 Å². The Hall–Kier alpha value is -2.31. The number of β-amino-alcohol motifs (C(OH)–C–C–N with tert-alkyl or cyclic N) is 1. The van der Waals surface area contributed by atoms with Gasteiger partial charge in [-0.2, -0.15) is 0 Å². The summed E-state index contributed by atoms with van der Waals surface area (Å²) in [4.78, 5) is 18.5. The molecule has 2 aromatic rings. The van der Waals surface area contributed by atoms with E-state index >= 15 is 0 Å². The summed E-state index contributed by atoms with van der Waals surface area (Å²) in [5.41, 5.74) is 2.24. The minimum Gasteiger partial charge on any atom is -0.391 e. The molecule has 132 valence electrons. The molecule has 1 amide bonds. The summed E-state index contributed by atoms with van der Waals surface area (Å²) in [6, 6.07) is 10.0. The Morgan fingerprint density at radius 3 is 2.92 bits per heavy atom. The molecule has 0 bridgehead atoms. The lowest BCUT2D eigenvalue weighted by molar-refractivity contribution is -0.117. The first-order valence-electron chi connectivity index (χ1n) is 8.37. The van der Waals surface area contributed by atoms with Gasteiger partial charge in [0.25, 0.3) is 0 Å². The molecule has 1 fully saturated rings. The molecule has 0 radical (unpaired) electrons. The van der Waals surface area contributed by atoms with Crippen LogP contribution >= 0.6 is 0 Å². The highest BCUT2D eigenvalue weighted by Gasteiger charge is 2.32. The molecule has 2 atom stereocenters. The number of rotatable bonds is 5. The highest BCUT2D eigenvalue weighted by molar-refractivity contribution is 5.92. The third-order valence-electron chi connectivity index (χ3n) is 4.51. The molecule has 1 aliphatic heterocycles. The molecule has 1 aromatic heterocycles. The lowest BCUT2D eigenvalue weighted by Crippen LogP contribution is -2.32. The van der Waals surface area contributed by atoms with Gasteiger partial charge >= 0.3 is 0 Å². The van der Waals surface area contributed by atoms with Crippen LogP contribution in [-0.2, 0) is 11.2 Å². The number of amides is 1. The van der Waals surface area contributed by atoms with Gasteiger partial charge in [0.1, 0.15) is 5.82 Å². The van der Waals surface area contributed by atoms with Crippen LogP contribution < -0.4 is 5.32 Å². The molecular formula is C19H22FN3O2. The number of nitrogens with one attached hydrogen (secondary N) is 1. The first-order valence-corrected chi connectivity index (χ1v) is 8.37. The minimum absolute atomic E-state index is 0.0651. The van der Waals surface area contributed by atoms with Crippen molar-refractivity contribution in [1.82, 2.24) is 9.88 Å². The van der Waals surface area contributed by atoms with E-state index in [1.165, 1.54) is 12.1 Å². The van der Waals surface area contributed by atoms with Gasteiger partial charge in [0.05, 0.1) is 12.6 Å². The minimum atomic E-state index is -0.470. The number of carbonyl (C=O) groups excluding carboxylic acids is 1. The van der Waals surface area contributed by atoms with E-state index in [9.17, 15) is 14.3 Å². The van der Waals surface area contributed by atoms with Crippen LogP contribution in [0.1, 0.15) is 11.3 Å². The van der Waals surface area contributed by atoms with Gasteiger partial charge in [-0.1, -0.05) is 6.07 Å². The quantitative estimate of drug-likeness (QED) is 0.872. The van der Waals surface area contributed by atoms with Crippen molar-refractivity contribution in [3.8, 4) is 0 Å². The second-order valence-electron chi connectivity index (χ2n) is 6.55. The second-order valence-corrected chi connectivity index (χ2v) is 6.55. The number of hydrogen-bond donors (Lipinski definition) is 2. The fraction of sp³-hybridized carbons (Fsp3) is 0.368. The standard InChI is InChI=1S/C19H22FN3O2/c1-13-8-15(20)5-6-17(13)22-19(25)12-23-10-14(18(24)11-23)9-16-4-2-3-7-21-16/h2-8,14,18,24H,9-12H2,1H3,(H,22,25)/t14-,18-/m1/s1. The van der Waals surface area contributed by atoms with Gasteiger partial charge in [-0.25, -0.2) is 4.39 Å². The van der Waals surface area contributed by atoms with Gasteiger partial charge < -0.3 is 10.4 Å². The van der Waals surface area contributed by atoms with Crippen LogP contribution in [0.25, 0.3) is 0 Å². The normalized spacial score (nSPS) is 20.6. The molecule has 25 heavy (non-hydrogen) atoms. The van der Waals surface area contributed by atoms with Crippen molar-refractivity contribution in [2.75, 3.05) is 25.0 Å². The van der Waals surface area contributed by atoms with Crippen molar-refractivity contribution < 1.29 is 14.3 Å². The lowest BCUT2D eigenvalue weighted by atomic mass is 10.00. The number of likely N-dealkylation sites (tertiary alicyclic amines) is 1. The number of aliphatic hydroxyl groups is 1. The summed E-state index contributed by atoms with van der Waals surface area (Å²) in [6.07, 6.45) is 1.96. The summed E-state index contributed by atoms with van der Waals surface area (Å²) in [5, 5.41) is 13.1. The van der Waals surface area contributed by atoms with Crippen molar-refractivity contribution in [3.63, 3.8) is 0 Å². The summed E-state index contributed by atoms with van der Waals surface area (Å²) in [6.45, 7) is 3.06. The number of aliphatic hydroxyl groups excluding tert-OH is 1. The van der Waals surface area contributed by atoms with Crippen molar-refractivity contribution in [2.45, 2.75) is 19.4 Å². The molecule has 2 N–H and O–H groups in total. The molecule has 6 heteroatoms. The number of pyridine rings is 1. The summed E-state index contributed by atoms with van der Waals surface area (Å²) in [7, 11) is 0. The van der Waals surface area contributed by atoms with E-state index in [0.29, 0.717) is 30.8 Å². The van der Waals surface area contributed by atoms with Crippen molar-refractivity contribution in [2.24, 2.45) is 5.92 Å². The van der Waals surface area contributed by atoms with Gasteiger partial charge in [-0.05, 0) is 49.2 Å². The fourth-order valence-electron chi connectivity index (χ4n) is 3.22. The van der Waals surface area contributed by atoms with Gasteiger partial charge in [0.2, 0.25) is 5.91 Å². The zero-order valence-corrected chi connectivity index (χ0v) is 14.2. The fourth-order valence-corrected chi connectivity index (χ4v) is 3.22. The Morgan fingerprint density at radius 1 is 1.36 bits per heavy atom. The molecule has 1 aliphatic rings. The van der Waals surface area contributed by atoms with Crippen LogP contribution in [0.3, 0.4) is 0 Å². The average Bonchev–Trinajstić information content (AvgIpc) is 2.90. The number of halogens is 1. The number of anilines is 1. The van der Waals surface area contributed by atoms with Crippen molar-refractivity contribution in [1.29, 1.82) is 0 Å². The molecule has 0 unspecified atom stereocenters. The lowest BCUT2D eigenvalue weighted by Gasteiger charge is -2.16. The van der Waals surface area contributed by atoms with Gasteiger partial charge in [0.15, 0.2) is 0 Å². The maximum absolute atomic E-state index is 13.1. The van der Waals surface area contributed by atoms with E-state index in [1.807, 2.05) is 23.1 Å². The molecular weight excluding hydrogens is 321 g/mol. The number of benzene rings is 1. The molecule has 5 nitrogen and oxygen atoms in total. The van der Waals surface area contributed by atoms with Gasteiger partial charge in [0, 0.05) is 36.6 Å². The van der Waals surface area contributed by atoms with Crippen LogP contribution in [0.2, 0.25) is 0 Å². The SMILES string of the molecule is Cc1cc(F)ccc1NC(=O)CN1C[C@@H](Cc2ccccn2)[C@H](O)C1. The predicted octanol–water partition coefficient (Wildman–Crippen LogP) is 2.00. The zero-order valence-electron chi connectivity index (χ0n) is 14.2. The van der Waals surface area contributed by atoms with Crippen LogP contribution in [0.5, 0.6) is 0 Å².